The second-order valence-electron chi connectivity index (χ2n) is 6.31. The average Bonchev–Trinajstić information content (AvgIpc) is 2.75. The van der Waals surface area contributed by atoms with E-state index in [0.717, 1.165) is 0 Å². The predicted molar refractivity (Wildman–Crippen MR) is 116 cm³/mol. The van der Waals surface area contributed by atoms with E-state index in [-0.39, 0.29) is 16.9 Å². The summed E-state index contributed by atoms with van der Waals surface area (Å²) in [7, 11) is 0. The number of carbonyl (C=O) groups is 3. The first-order valence-electron chi connectivity index (χ1n) is 9.33. The van der Waals surface area contributed by atoms with Crippen molar-refractivity contribution in [1.29, 1.82) is 0 Å². The first kappa shape index (κ1) is 21.2. The van der Waals surface area contributed by atoms with Crippen LogP contribution in [0.5, 0.6) is 0 Å². The summed E-state index contributed by atoms with van der Waals surface area (Å²) in [5.41, 5.74) is 1.54. The van der Waals surface area contributed by atoms with Gasteiger partial charge < -0.3 is 21.1 Å². The number of nitrogens with zero attached hydrogens (tertiary/aromatic N) is 2. The van der Waals surface area contributed by atoms with Crippen molar-refractivity contribution in [1.82, 2.24) is 15.3 Å². The normalized spacial score (nSPS) is 10.1. The molecule has 0 saturated carbocycles. The molecule has 2 heterocycles. The number of rotatable bonds is 7. The van der Waals surface area contributed by atoms with Crippen LogP contribution in [0.2, 0.25) is 0 Å². The van der Waals surface area contributed by atoms with Gasteiger partial charge in [0.15, 0.2) is 0 Å². The molecule has 0 fully saturated rings. The smallest absolute Gasteiger partial charge is 0.335 e. The number of amides is 3. The summed E-state index contributed by atoms with van der Waals surface area (Å²) in [6.45, 7) is 2.21. The number of nitrogens with one attached hydrogen (secondary N) is 4. The van der Waals surface area contributed by atoms with Gasteiger partial charge in [0.2, 0.25) is 0 Å². The Labute approximate surface area is 177 Å². The van der Waals surface area contributed by atoms with E-state index in [4.69, 9.17) is 0 Å². The minimum Gasteiger partial charge on any atom is -0.478 e. The number of urea groups is 1. The summed E-state index contributed by atoms with van der Waals surface area (Å²) in [5.74, 6) is -1.32. The van der Waals surface area contributed by atoms with Crippen LogP contribution in [0.15, 0.2) is 61.1 Å². The molecule has 158 valence electrons. The highest BCUT2D eigenvalue weighted by Crippen LogP contribution is 2.25. The van der Waals surface area contributed by atoms with Gasteiger partial charge in [-0.3, -0.25) is 15.1 Å². The first-order valence-corrected chi connectivity index (χ1v) is 9.33. The molecule has 0 aliphatic rings. The predicted octanol–water partition coefficient (Wildman–Crippen LogP) is 3.31. The fourth-order valence-corrected chi connectivity index (χ4v) is 2.65. The molecule has 0 aliphatic carbocycles. The molecule has 0 spiro atoms. The fourth-order valence-electron chi connectivity index (χ4n) is 2.65. The van der Waals surface area contributed by atoms with Gasteiger partial charge in [-0.05, 0) is 37.3 Å². The highest BCUT2D eigenvalue weighted by atomic mass is 16.4. The van der Waals surface area contributed by atoms with Crippen molar-refractivity contribution < 1.29 is 19.5 Å². The maximum Gasteiger partial charge on any atom is 0.335 e. The van der Waals surface area contributed by atoms with Crippen LogP contribution >= 0.6 is 0 Å². The van der Waals surface area contributed by atoms with E-state index in [1.54, 1.807) is 37.4 Å². The Morgan fingerprint density at radius 3 is 2.52 bits per heavy atom. The molecule has 31 heavy (non-hydrogen) atoms. The molecule has 3 aromatic rings. The molecule has 0 radical (unpaired) electrons. The van der Waals surface area contributed by atoms with E-state index in [2.05, 4.69) is 31.2 Å². The number of pyridine rings is 2. The molecule has 1 aromatic carbocycles. The van der Waals surface area contributed by atoms with Crippen LogP contribution in [0, 0.1) is 0 Å². The van der Waals surface area contributed by atoms with Gasteiger partial charge in [0.05, 0.1) is 28.7 Å². The number of hydrogen-bond acceptors (Lipinski definition) is 6. The Balaban J connectivity index is 1.93. The summed E-state index contributed by atoms with van der Waals surface area (Å²) in [4.78, 5) is 44.0. The fraction of sp³-hybridized carbons (Fsp3) is 0.0952. The highest BCUT2D eigenvalue weighted by molar-refractivity contribution is 6.08. The minimum atomic E-state index is -1.08. The van der Waals surface area contributed by atoms with E-state index in [0.29, 0.717) is 23.6 Å². The lowest BCUT2D eigenvalue weighted by Crippen LogP contribution is -2.28. The Morgan fingerprint density at radius 1 is 1.00 bits per heavy atom. The Kier molecular flexibility index (Phi) is 6.74. The quantitative estimate of drug-likeness (QED) is 0.394. The molecule has 0 atom stereocenters. The Morgan fingerprint density at radius 2 is 1.81 bits per heavy atom. The monoisotopic (exact) mass is 420 g/mol. The van der Waals surface area contributed by atoms with Gasteiger partial charge in [0.1, 0.15) is 5.82 Å². The van der Waals surface area contributed by atoms with Crippen LogP contribution in [0.25, 0.3) is 0 Å². The maximum absolute atomic E-state index is 12.8. The Bertz CT molecular complexity index is 1100. The van der Waals surface area contributed by atoms with Gasteiger partial charge in [0.25, 0.3) is 5.91 Å². The lowest BCUT2D eigenvalue weighted by atomic mass is 10.1. The summed E-state index contributed by atoms with van der Waals surface area (Å²) < 4.78 is 0. The highest BCUT2D eigenvalue weighted by Gasteiger charge is 2.16. The molecule has 3 amide bonds. The zero-order valence-corrected chi connectivity index (χ0v) is 16.5. The Hall–Kier alpha value is -4.47. The number of carbonyl (C=O) groups excluding carboxylic acids is 2. The molecule has 10 heteroatoms. The summed E-state index contributed by atoms with van der Waals surface area (Å²) in [6, 6.07) is 10.5. The summed E-state index contributed by atoms with van der Waals surface area (Å²) in [6.07, 6.45) is 4.40. The van der Waals surface area contributed by atoms with Crippen LogP contribution in [-0.2, 0) is 0 Å². The molecule has 10 nitrogen and oxygen atoms in total. The topological polar surface area (TPSA) is 145 Å². The second-order valence-corrected chi connectivity index (χ2v) is 6.31. The van der Waals surface area contributed by atoms with Crippen molar-refractivity contribution in [3.8, 4) is 0 Å². The number of carboxylic acid groups (broad SMARTS) is 1. The zero-order valence-electron chi connectivity index (χ0n) is 16.5. The van der Waals surface area contributed by atoms with Gasteiger partial charge in [-0.15, -0.1) is 0 Å². The van der Waals surface area contributed by atoms with Crippen LogP contribution < -0.4 is 21.3 Å². The van der Waals surface area contributed by atoms with Gasteiger partial charge in [-0.2, -0.15) is 0 Å². The van der Waals surface area contributed by atoms with E-state index >= 15 is 0 Å². The third-order valence-corrected chi connectivity index (χ3v) is 4.04. The summed E-state index contributed by atoms with van der Waals surface area (Å²) in [5, 5.41) is 20.1. The molecule has 5 N–H and O–H groups in total. The lowest BCUT2D eigenvalue weighted by molar-refractivity contribution is 0.0696. The SMILES string of the molecule is CCNC(=O)Nc1cc(Nc2cccc(C(=O)O)c2)c(C(=O)Nc2cccnc2)cn1. The van der Waals surface area contributed by atoms with Crippen LogP contribution in [-0.4, -0.2) is 39.5 Å². The van der Waals surface area contributed by atoms with E-state index < -0.39 is 17.9 Å². The number of hydrogen-bond donors (Lipinski definition) is 5. The summed E-state index contributed by atoms with van der Waals surface area (Å²) >= 11 is 0. The molecule has 2 aromatic heterocycles. The van der Waals surface area contributed by atoms with Gasteiger partial charge in [-0.25, -0.2) is 14.6 Å². The van der Waals surface area contributed by atoms with Crippen LogP contribution in [0.4, 0.5) is 27.7 Å². The number of aromatic carboxylic acids is 1. The van der Waals surface area contributed by atoms with Crippen molar-refractivity contribution in [3.63, 3.8) is 0 Å². The molecule has 3 rings (SSSR count). The molecule has 0 saturated heterocycles. The molecular formula is C21H20N6O4. The largest absolute Gasteiger partial charge is 0.478 e. The number of anilines is 4. The third kappa shape index (κ3) is 5.76. The number of carboxylic acids is 1. The van der Waals surface area contributed by atoms with Crippen LogP contribution in [0.1, 0.15) is 27.6 Å². The average molecular weight is 420 g/mol. The van der Waals surface area contributed by atoms with Gasteiger partial charge in [0, 0.05) is 30.7 Å². The van der Waals surface area contributed by atoms with Crippen LogP contribution in [0.3, 0.4) is 0 Å². The van der Waals surface area contributed by atoms with Crippen molar-refractivity contribution in [3.05, 3.63) is 72.2 Å². The van der Waals surface area contributed by atoms with E-state index in [9.17, 15) is 19.5 Å². The standard InChI is InChI=1S/C21H20N6O4/c1-2-23-21(31)27-18-10-17(25-14-6-3-5-13(9-14)20(29)30)16(12-24-18)19(28)26-15-7-4-8-22-11-15/h3-12H,2H2,1H3,(H,26,28)(H,29,30)(H3,23,24,25,27,31). The molecule has 0 aliphatic heterocycles. The maximum atomic E-state index is 12.8. The van der Waals surface area contributed by atoms with Crippen molar-refractivity contribution in [2.45, 2.75) is 6.92 Å². The number of benzene rings is 1. The van der Waals surface area contributed by atoms with Gasteiger partial charge >= 0.3 is 12.0 Å². The zero-order chi connectivity index (χ0) is 22.2. The van der Waals surface area contributed by atoms with Crippen molar-refractivity contribution in [2.24, 2.45) is 0 Å². The van der Waals surface area contributed by atoms with Gasteiger partial charge in [-0.1, -0.05) is 6.07 Å². The minimum absolute atomic E-state index is 0.0843. The third-order valence-electron chi connectivity index (χ3n) is 4.04. The van der Waals surface area contributed by atoms with E-state index in [1.165, 1.54) is 30.6 Å². The first-order chi connectivity index (χ1) is 15.0. The molecule has 0 unspecified atom stereocenters. The molecular weight excluding hydrogens is 400 g/mol. The van der Waals surface area contributed by atoms with Crippen molar-refractivity contribution in [2.75, 3.05) is 22.5 Å². The van der Waals surface area contributed by atoms with E-state index in [1.807, 2.05) is 0 Å². The molecule has 0 bridgehead atoms. The number of aromatic nitrogens is 2. The van der Waals surface area contributed by atoms with Crippen molar-refractivity contribution >= 4 is 40.8 Å². The second kappa shape index (κ2) is 9.83. The lowest BCUT2D eigenvalue weighted by Gasteiger charge is -2.14.